The number of aryl methyl sites for hydroxylation is 1. The monoisotopic (exact) mass is 978 g/mol. The summed E-state index contributed by atoms with van der Waals surface area (Å²) in [5.74, 6) is -6.38. The molecular weight excluding hydrogens is 949 g/mol. The Balaban J connectivity index is 0.000000276. The molecule has 0 saturated heterocycles. The number of aliphatic hydroxyl groups is 2. The van der Waals surface area contributed by atoms with Gasteiger partial charge in [-0.1, -0.05) is 11.6 Å². The van der Waals surface area contributed by atoms with E-state index in [-0.39, 0.29) is 40.7 Å². The summed E-state index contributed by atoms with van der Waals surface area (Å²) in [6, 6.07) is 14.1. The van der Waals surface area contributed by atoms with E-state index in [9.17, 15) is 27.2 Å². The number of rotatable bonds is 12. The first-order valence-electron chi connectivity index (χ1n) is 14.6. The smallest absolute Gasteiger partial charge is 0.295 e. The van der Waals surface area contributed by atoms with Crippen LogP contribution in [-0.2, 0) is 9.68 Å². The molecule has 0 aliphatic heterocycles. The van der Waals surface area contributed by atoms with Gasteiger partial charge in [-0.15, -0.1) is 4.58 Å². The van der Waals surface area contributed by atoms with Crippen molar-refractivity contribution < 1.29 is 47.0 Å². The van der Waals surface area contributed by atoms with Gasteiger partial charge in [0, 0.05) is 24.6 Å². The highest BCUT2D eigenvalue weighted by atomic mass is 127. The Bertz CT molecular complexity index is 1880. The van der Waals surface area contributed by atoms with Gasteiger partial charge in [0.2, 0.25) is 0 Å². The third-order valence-corrected chi connectivity index (χ3v) is 8.49. The zero-order chi connectivity index (χ0) is 38.0. The number of aliphatic hydroxyl groups excluding tert-OH is 2. The maximum atomic E-state index is 14.4. The van der Waals surface area contributed by atoms with Crippen LogP contribution in [0, 0.1) is 37.3 Å². The summed E-state index contributed by atoms with van der Waals surface area (Å²) >= 11 is 16.0. The lowest BCUT2D eigenvalue weighted by molar-refractivity contribution is -0.113. The Morgan fingerprint density at radius 2 is 1.31 bits per heavy atom. The highest BCUT2D eigenvalue weighted by molar-refractivity contribution is 14.1. The zero-order valence-corrected chi connectivity index (χ0v) is 32.7. The molecule has 4 rings (SSSR count). The van der Waals surface area contributed by atoms with Gasteiger partial charge in [0.25, 0.3) is 11.8 Å². The minimum absolute atomic E-state index is 0.182. The van der Waals surface area contributed by atoms with Crippen molar-refractivity contribution in [2.45, 2.75) is 33.0 Å². The summed E-state index contributed by atoms with van der Waals surface area (Å²) in [6.07, 6.45) is -1.41. The lowest BCUT2D eigenvalue weighted by atomic mass is 10.1. The molecule has 51 heavy (non-hydrogen) atoms. The number of hydrogen-bond donors (Lipinski definition) is 5. The second-order valence-electron chi connectivity index (χ2n) is 10.6. The van der Waals surface area contributed by atoms with Crippen LogP contribution in [0.1, 0.15) is 40.1 Å². The van der Waals surface area contributed by atoms with E-state index in [1.54, 1.807) is 37.3 Å². The number of amides is 2. The van der Waals surface area contributed by atoms with Gasteiger partial charge < -0.3 is 20.8 Å². The molecule has 0 aliphatic rings. The number of halogens is 8. The first-order chi connectivity index (χ1) is 24.1. The molecule has 4 aromatic carbocycles. The molecule has 0 radical (unpaired) electrons. The maximum absolute atomic E-state index is 14.4. The molecule has 0 fully saturated rings. The largest absolute Gasteiger partial charge is 0.394 e. The number of hydrogen-bond acceptors (Lipinski definition) is 8. The van der Waals surface area contributed by atoms with Crippen molar-refractivity contribution in [2.75, 3.05) is 23.8 Å². The van der Waals surface area contributed by atoms with Crippen LogP contribution in [-0.4, -0.2) is 52.0 Å². The Kier molecular flexibility index (Phi) is 16.4. The Hall–Kier alpha value is -2.98. The van der Waals surface area contributed by atoms with Gasteiger partial charge in [0.05, 0.1) is 46.4 Å². The number of carbonyl (C=O) groups is 2. The second kappa shape index (κ2) is 19.7. The third kappa shape index (κ3) is 11.8. The summed E-state index contributed by atoms with van der Waals surface area (Å²) < 4.78 is 58.1. The van der Waals surface area contributed by atoms with E-state index in [2.05, 4.69) is 61.3 Å². The summed E-state index contributed by atoms with van der Waals surface area (Å²) in [6.45, 7) is 4.11. The van der Waals surface area contributed by atoms with Crippen molar-refractivity contribution in [1.29, 1.82) is 0 Å². The molecule has 0 bridgehead atoms. The van der Waals surface area contributed by atoms with E-state index < -0.39 is 47.3 Å². The van der Waals surface area contributed by atoms with Gasteiger partial charge >= 0.3 is 0 Å². The molecule has 18 heteroatoms. The Morgan fingerprint density at radius 1 is 0.804 bits per heavy atom. The molecule has 274 valence electrons. The molecule has 0 saturated carbocycles. The molecule has 0 aliphatic carbocycles. The molecule has 4 aromatic rings. The fourth-order valence-corrected chi connectivity index (χ4v) is 5.70. The fourth-order valence-electron chi connectivity index (χ4n) is 3.92. The van der Waals surface area contributed by atoms with Crippen LogP contribution in [0.2, 0.25) is 5.02 Å². The molecule has 0 heterocycles. The summed E-state index contributed by atoms with van der Waals surface area (Å²) in [5, 5.41) is 23.5. The summed E-state index contributed by atoms with van der Waals surface area (Å²) in [5.41, 5.74) is 2.55. The molecule has 0 aromatic heterocycles. The highest BCUT2D eigenvalue weighted by Crippen LogP contribution is 2.32. The topological polar surface area (TPSA) is 132 Å². The van der Waals surface area contributed by atoms with Crippen molar-refractivity contribution >= 4 is 103 Å². The second-order valence-corrected chi connectivity index (χ2v) is 13.8. The van der Waals surface area contributed by atoms with Crippen LogP contribution in [0.15, 0.2) is 60.7 Å². The Morgan fingerprint density at radius 3 is 1.86 bits per heavy atom. The van der Waals surface area contributed by atoms with Crippen LogP contribution in [0.25, 0.3) is 0 Å². The standard InChI is InChI=1S/C17H16ClF2IN2O3.C16H14ClF2IN2O3/c1-9-7-11(21)3-6-14(9)22-16-12(4-5-13(19)15(16)20)17(25)23(18)26-10(2)8-24;1-8(7-23)25-22-16(24)10-3-4-12(18)14(19)15(10)21-13-5-2-9(20)6-11(13)17/h3-7,10,22,24H,8H2,1-2H3;2-6,8,21,23H,7H2,1H3,(H,22,24). The van der Waals surface area contributed by atoms with Crippen LogP contribution in [0.4, 0.5) is 40.3 Å². The average Bonchev–Trinajstić information content (AvgIpc) is 3.09. The molecule has 2 unspecified atom stereocenters. The first-order valence-corrected chi connectivity index (χ1v) is 17.5. The van der Waals surface area contributed by atoms with E-state index in [1.807, 2.05) is 6.07 Å². The predicted octanol–water partition coefficient (Wildman–Crippen LogP) is 8.54. The summed E-state index contributed by atoms with van der Waals surface area (Å²) in [7, 11) is 0. The first kappa shape index (κ1) is 42.4. The highest BCUT2D eigenvalue weighted by Gasteiger charge is 2.25. The number of carbonyl (C=O) groups excluding carboxylic acids is 2. The van der Waals surface area contributed by atoms with E-state index in [0.29, 0.717) is 16.0 Å². The molecule has 10 nitrogen and oxygen atoms in total. The third-order valence-electron chi connectivity index (χ3n) is 6.60. The van der Waals surface area contributed by atoms with Crippen molar-refractivity contribution in [2.24, 2.45) is 0 Å². The number of anilines is 4. The van der Waals surface area contributed by atoms with E-state index in [4.69, 9.17) is 43.3 Å². The van der Waals surface area contributed by atoms with Crippen LogP contribution >= 0.6 is 68.6 Å². The minimum Gasteiger partial charge on any atom is -0.394 e. The van der Waals surface area contributed by atoms with Gasteiger partial charge in [-0.3, -0.25) is 14.4 Å². The van der Waals surface area contributed by atoms with Gasteiger partial charge in [0.15, 0.2) is 23.3 Å². The van der Waals surface area contributed by atoms with Gasteiger partial charge in [0.1, 0.15) is 12.2 Å². The van der Waals surface area contributed by atoms with Gasteiger partial charge in [-0.05, 0) is 132 Å². The number of benzene rings is 4. The number of hydroxylamine groups is 2. The number of nitrogens with zero attached hydrogens (tertiary/aromatic N) is 1. The molecular formula is C33H30Cl2F4I2N4O6. The summed E-state index contributed by atoms with van der Waals surface area (Å²) in [4.78, 5) is 34.6. The predicted molar refractivity (Wildman–Crippen MR) is 202 cm³/mol. The molecule has 0 spiro atoms. The maximum Gasteiger partial charge on any atom is 0.295 e. The number of nitrogens with one attached hydrogen (secondary N) is 3. The van der Waals surface area contributed by atoms with Crippen molar-refractivity contribution in [3.8, 4) is 0 Å². The van der Waals surface area contributed by atoms with Gasteiger partial charge in [-0.25, -0.2) is 27.9 Å². The fraction of sp³-hybridized carbons (Fsp3) is 0.212. The van der Waals surface area contributed by atoms with E-state index in [0.717, 1.165) is 37.0 Å². The van der Waals surface area contributed by atoms with E-state index >= 15 is 0 Å². The zero-order valence-electron chi connectivity index (χ0n) is 26.8. The lowest BCUT2D eigenvalue weighted by Gasteiger charge is -2.20. The van der Waals surface area contributed by atoms with Crippen molar-refractivity contribution in [1.82, 2.24) is 10.1 Å². The lowest BCUT2D eigenvalue weighted by Crippen LogP contribution is -2.30. The normalized spacial score (nSPS) is 11.9. The van der Waals surface area contributed by atoms with E-state index in [1.165, 1.54) is 13.8 Å². The molecule has 2 amide bonds. The Labute approximate surface area is 327 Å². The van der Waals surface area contributed by atoms with Crippen LogP contribution in [0.5, 0.6) is 0 Å². The van der Waals surface area contributed by atoms with Crippen molar-refractivity contribution in [3.63, 3.8) is 0 Å². The minimum atomic E-state index is -1.22. The quantitative estimate of drug-likeness (QED) is 0.0414. The SMILES string of the molecule is CC(CO)ONC(=O)c1ccc(F)c(F)c1Nc1ccc(I)cc1Cl.Cc1cc(I)ccc1Nc1c(C(=O)N(Cl)OC(C)CO)ccc(F)c1F. The van der Waals surface area contributed by atoms with Crippen molar-refractivity contribution in [3.05, 3.63) is 113 Å². The average molecular weight is 979 g/mol. The molecule has 2 atom stereocenters. The van der Waals surface area contributed by atoms with Gasteiger partial charge in [-0.2, -0.15) is 0 Å². The molecule has 5 N–H and O–H groups in total. The van der Waals surface area contributed by atoms with Crippen LogP contribution < -0.4 is 16.1 Å². The van der Waals surface area contributed by atoms with Crippen LogP contribution in [0.3, 0.4) is 0 Å².